The molecule has 0 bridgehead atoms. The molecular weight excluding hydrogens is 314 g/mol. The van der Waals surface area contributed by atoms with E-state index in [9.17, 15) is 9.59 Å². The lowest BCUT2D eigenvalue weighted by Crippen LogP contribution is -2.41. The SMILES string of the molecule is Cc1ccc(C)c(CNC(=O)[C@@H]2C[C@@]3(CCN(C(C)C)C3)C(=O)N2)c1. The van der Waals surface area contributed by atoms with Crippen LogP contribution in [0.25, 0.3) is 0 Å². The van der Waals surface area contributed by atoms with Crippen molar-refractivity contribution in [1.82, 2.24) is 15.5 Å². The normalized spacial score (nSPS) is 26.4. The number of carbonyl (C=O) groups is 2. The number of nitrogens with one attached hydrogen (secondary N) is 2. The molecule has 1 aromatic carbocycles. The second kappa shape index (κ2) is 6.79. The van der Waals surface area contributed by atoms with Gasteiger partial charge in [-0.2, -0.15) is 0 Å². The Bertz CT molecular complexity index is 686. The van der Waals surface area contributed by atoms with E-state index in [2.05, 4.69) is 47.6 Å². The van der Waals surface area contributed by atoms with Crippen molar-refractivity contribution in [2.45, 2.75) is 59.2 Å². The molecule has 0 aromatic heterocycles. The first kappa shape index (κ1) is 17.9. The third-order valence-corrected chi connectivity index (χ3v) is 5.77. The number of rotatable bonds is 4. The van der Waals surface area contributed by atoms with Crippen molar-refractivity contribution in [2.24, 2.45) is 5.41 Å². The molecule has 0 aliphatic carbocycles. The summed E-state index contributed by atoms with van der Waals surface area (Å²) in [4.78, 5) is 27.4. The second-order valence-corrected chi connectivity index (χ2v) is 7.97. The highest BCUT2D eigenvalue weighted by atomic mass is 16.2. The van der Waals surface area contributed by atoms with Crippen LogP contribution in [-0.4, -0.2) is 41.9 Å². The number of aryl methyl sites for hydroxylation is 2. The molecule has 1 spiro atoms. The predicted molar refractivity (Wildman–Crippen MR) is 98.1 cm³/mol. The van der Waals surface area contributed by atoms with Gasteiger partial charge in [0, 0.05) is 19.1 Å². The lowest BCUT2D eigenvalue weighted by Gasteiger charge is -2.23. The lowest BCUT2D eigenvalue weighted by atomic mass is 9.84. The van der Waals surface area contributed by atoms with Gasteiger partial charge in [0.25, 0.3) is 0 Å². The van der Waals surface area contributed by atoms with Crippen LogP contribution in [0, 0.1) is 19.3 Å². The summed E-state index contributed by atoms with van der Waals surface area (Å²) in [5.41, 5.74) is 3.09. The maximum atomic E-state index is 12.6. The number of likely N-dealkylation sites (tertiary alicyclic amines) is 1. The summed E-state index contributed by atoms with van der Waals surface area (Å²) in [5, 5.41) is 5.93. The molecule has 5 nitrogen and oxygen atoms in total. The van der Waals surface area contributed by atoms with Crippen molar-refractivity contribution >= 4 is 11.8 Å². The summed E-state index contributed by atoms with van der Waals surface area (Å²) in [6, 6.07) is 6.26. The molecule has 25 heavy (non-hydrogen) atoms. The van der Waals surface area contributed by atoms with Gasteiger partial charge < -0.3 is 10.6 Å². The zero-order valence-electron chi connectivity index (χ0n) is 15.7. The van der Waals surface area contributed by atoms with Crippen molar-refractivity contribution in [3.05, 3.63) is 34.9 Å². The Morgan fingerprint density at radius 2 is 2.16 bits per heavy atom. The van der Waals surface area contributed by atoms with Gasteiger partial charge in [-0.25, -0.2) is 0 Å². The van der Waals surface area contributed by atoms with E-state index >= 15 is 0 Å². The van der Waals surface area contributed by atoms with Crippen molar-refractivity contribution < 1.29 is 9.59 Å². The zero-order chi connectivity index (χ0) is 18.2. The molecule has 2 amide bonds. The first-order chi connectivity index (χ1) is 11.8. The minimum absolute atomic E-state index is 0.0440. The fourth-order valence-corrected chi connectivity index (χ4v) is 4.00. The Kier molecular flexibility index (Phi) is 4.87. The van der Waals surface area contributed by atoms with Gasteiger partial charge in [0.1, 0.15) is 6.04 Å². The molecular formula is C20H29N3O2. The number of hydrogen-bond acceptors (Lipinski definition) is 3. The highest BCUT2D eigenvalue weighted by Gasteiger charge is 2.52. The van der Waals surface area contributed by atoms with Gasteiger partial charge in [0.15, 0.2) is 0 Å². The van der Waals surface area contributed by atoms with Crippen LogP contribution in [0.15, 0.2) is 18.2 Å². The third-order valence-electron chi connectivity index (χ3n) is 5.77. The van der Waals surface area contributed by atoms with E-state index in [-0.39, 0.29) is 17.2 Å². The smallest absolute Gasteiger partial charge is 0.242 e. The number of carbonyl (C=O) groups excluding carboxylic acids is 2. The van der Waals surface area contributed by atoms with E-state index < -0.39 is 6.04 Å². The van der Waals surface area contributed by atoms with Crippen LogP contribution in [0.1, 0.15) is 43.4 Å². The van der Waals surface area contributed by atoms with E-state index in [1.807, 2.05) is 13.8 Å². The molecule has 5 heteroatoms. The summed E-state index contributed by atoms with van der Waals surface area (Å²) < 4.78 is 0. The van der Waals surface area contributed by atoms with Gasteiger partial charge >= 0.3 is 0 Å². The fourth-order valence-electron chi connectivity index (χ4n) is 4.00. The molecule has 2 N–H and O–H groups in total. The van der Waals surface area contributed by atoms with Gasteiger partial charge in [-0.1, -0.05) is 23.8 Å². The van der Waals surface area contributed by atoms with Crippen molar-refractivity contribution in [3.8, 4) is 0 Å². The minimum Gasteiger partial charge on any atom is -0.350 e. The maximum Gasteiger partial charge on any atom is 0.242 e. The summed E-state index contributed by atoms with van der Waals surface area (Å²) in [6.07, 6.45) is 1.45. The van der Waals surface area contributed by atoms with Crippen LogP contribution in [-0.2, 0) is 16.1 Å². The Balaban J connectivity index is 1.61. The van der Waals surface area contributed by atoms with E-state index in [0.717, 1.165) is 25.1 Å². The molecule has 2 heterocycles. The van der Waals surface area contributed by atoms with Crippen molar-refractivity contribution in [3.63, 3.8) is 0 Å². The molecule has 1 aromatic rings. The highest BCUT2D eigenvalue weighted by molar-refractivity contribution is 5.94. The van der Waals surface area contributed by atoms with Crippen LogP contribution in [0.2, 0.25) is 0 Å². The first-order valence-corrected chi connectivity index (χ1v) is 9.20. The van der Waals surface area contributed by atoms with Gasteiger partial charge in [-0.15, -0.1) is 0 Å². The molecule has 2 aliphatic rings. The Morgan fingerprint density at radius 1 is 1.40 bits per heavy atom. The molecule has 2 atom stereocenters. The van der Waals surface area contributed by atoms with Crippen molar-refractivity contribution in [2.75, 3.05) is 13.1 Å². The van der Waals surface area contributed by atoms with E-state index in [1.54, 1.807) is 0 Å². The molecule has 2 aliphatic heterocycles. The molecule has 0 radical (unpaired) electrons. The van der Waals surface area contributed by atoms with Crippen LogP contribution in [0.3, 0.4) is 0 Å². The monoisotopic (exact) mass is 343 g/mol. The van der Waals surface area contributed by atoms with Gasteiger partial charge in [0.05, 0.1) is 5.41 Å². The summed E-state index contributed by atoms with van der Waals surface area (Å²) in [7, 11) is 0. The summed E-state index contributed by atoms with van der Waals surface area (Å²) in [5.74, 6) is -0.0309. The average Bonchev–Trinajstić information content (AvgIpc) is 3.13. The topological polar surface area (TPSA) is 61.4 Å². The Labute approximate surface area is 150 Å². The predicted octanol–water partition coefficient (Wildman–Crippen LogP) is 1.91. The molecule has 3 rings (SSSR count). The lowest BCUT2D eigenvalue weighted by molar-refractivity contribution is -0.128. The molecule has 2 saturated heterocycles. The van der Waals surface area contributed by atoms with E-state index in [4.69, 9.17) is 0 Å². The standard InChI is InChI=1S/C20H29N3O2/c1-13(2)23-8-7-20(12-23)10-17(22-19(20)25)18(24)21-11-16-9-14(3)5-6-15(16)4/h5-6,9,13,17H,7-8,10-12H2,1-4H3,(H,21,24)(H,22,25)/t17-,20+/m0/s1. The summed E-state index contributed by atoms with van der Waals surface area (Å²) >= 11 is 0. The quantitative estimate of drug-likeness (QED) is 0.878. The maximum absolute atomic E-state index is 12.6. The van der Waals surface area contributed by atoms with Crippen LogP contribution in [0.5, 0.6) is 0 Å². The minimum atomic E-state index is -0.412. The number of nitrogens with zero attached hydrogens (tertiary/aromatic N) is 1. The molecule has 2 fully saturated rings. The number of benzene rings is 1. The van der Waals surface area contributed by atoms with Crippen LogP contribution in [0.4, 0.5) is 0 Å². The second-order valence-electron chi connectivity index (χ2n) is 7.97. The highest BCUT2D eigenvalue weighted by Crippen LogP contribution is 2.40. The average molecular weight is 343 g/mol. The van der Waals surface area contributed by atoms with E-state index in [0.29, 0.717) is 19.0 Å². The zero-order valence-corrected chi connectivity index (χ0v) is 15.7. The Hall–Kier alpha value is -1.88. The van der Waals surface area contributed by atoms with Gasteiger partial charge in [0.2, 0.25) is 11.8 Å². The first-order valence-electron chi connectivity index (χ1n) is 9.20. The third kappa shape index (κ3) is 3.56. The van der Waals surface area contributed by atoms with Crippen molar-refractivity contribution in [1.29, 1.82) is 0 Å². The molecule has 0 unspecified atom stereocenters. The van der Waals surface area contributed by atoms with Crippen LogP contribution >= 0.6 is 0 Å². The Morgan fingerprint density at radius 3 is 2.84 bits per heavy atom. The van der Waals surface area contributed by atoms with Gasteiger partial charge in [-0.05, 0) is 58.2 Å². The molecule has 0 saturated carbocycles. The van der Waals surface area contributed by atoms with Gasteiger partial charge in [-0.3, -0.25) is 14.5 Å². The number of hydrogen-bond donors (Lipinski definition) is 2. The molecule has 136 valence electrons. The van der Waals surface area contributed by atoms with E-state index in [1.165, 1.54) is 11.1 Å². The number of amides is 2. The largest absolute Gasteiger partial charge is 0.350 e. The van der Waals surface area contributed by atoms with Crippen LogP contribution < -0.4 is 10.6 Å². The summed E-state index contributed by atoms with van der Waals surface area (Å²) in [6.45, 7) is 10.6. The fraction of sp³-hybridized carbons (Fsp3) is 0.600.